The van der Waals surface area contributed by atoms with Gasteiger partial charge in [-0.2, -0.15) is 0 Å². The van der Waals surface area contributed by atoms with Gasteiger partial charge in [0.05, 0.1) is 25.4 Å². The fraction of sp³-hybridized carbons (Fsp3) is 0.714. The zero-order valence-corrected chi connectivity index (χ0v) is 16.6. The SMILES string of the molecule is CCCCCCCOc1ccc(CCC(CO)(CO)N(C)C)cc1CF. The quantitative estimate of drug-likeness (QED) is 0.491. The summed E-state index contributed by atoms with van der Waals surface area (Å²) in [7, 11) is 3.69. The summed E-state index contributed by atoms with van der Waals surface area (Å²) in [6.45, 7) is 2.01. The molecule has 0 saturated heterocycles. The first-order chi connectivity index (χ1) is 12.5. The van der Waals surface area contributed by atoms with E-state index >= 15 is 0 Å². The number of likely N-dealkylation sites (N-methyl/N-ethyl adjacent to an activating group) is 1. The molecule has 0 radical (unpaired) electrons. The topological polar surface area (TPSA) is 52.9 Å². The van der Waals surface area contributed by atoms with Gasteiger partial charge in [0.15, 0.2) is 0 Å². The molecule has 5 heteroatoms. The van der Waals surface area contributed by atoms with Gasteiger partial charge in [-0.3, -0.25) is 4.90 Å². The molecule has 2 N–H and O–H groups in total. The molecule has 0 aliphatic heterocycles. The number of halogens is 1. The van der Waals surface area contributed by atoms with Gasteiger partial charge in [0.2, 0.25) is 0 Å². The maximum atomic E-state index is 13.4. The highest BCUT2D eigenvalue weighted by molar-refractivity contribution is 5.37. The monoisotopic (exact) mass is 369 g/mol. The number of aliphatic hydroxyl groups is 2. The van der Waals surface area contributed by atoms with E-state index in [4.69, 9.17) is 4.74 Å². The van der Waals surface area contributed by atoms with Crippen LogP contribution >= 0.6 is 0 Å². The van der Waals surface area contributed by atoms with Crippen LogP contribution < -0.4 is 4.74 Å². The Labute approximate surface area is 158 Å². The normalized spacial score (nSPS) is 12.0. The molecule has 1 rings (SSSR count). The molecule has 0 unspecified atom stereocenters. The Kier molecular flexibility index (Phi) is 10.8. The highest BCUT2D eigenvalue weighted by atomic mass is 19.1. The molecule has 0 aromatic heterocycles. The van der Waals surface area contributed by atoms with E-state index < -0.39 is 12.2 Å². The van der Waals surface area contributed by atoms with Crippen molar-refractivity contribution in [2.45, 2.75) is 64.1 Å². The first-order valence-corrected chi connectivity index (χ1v) is 9.72. The summed E-state index contributed by atoms with van der Waals surface area (Å²) in [5, 5.41) is 19.3. The first kappa shape index (κ1) is 22.9. The van der Waals surface area contributed by atoms with Gasteiger partial charge in [0.1, 0.15) is 12.4 Å². The van der Waals surface area contributed by atoms with Crippen molar-refractivity contribution in [2.75, 3.05) is 33.9 Å². The van der Waals surface area contributed by atoms with E-state index in [2.05, 4.69) is 6.92 Å². The molecule has 4 nitrogen and oxygen atoms in total. The van der Waals surface area contributed by atoms with Crippen molar-refractivity contribution in [2.24, 2.45) is 0 Å². The molecule has 0 saturated carbocycles. The maximum Gasteiger partial charge on any atom is 0.125 e. The van der Waals surface area contributed by atoms with Crippen LogP contribution in [0.15, 0.2) is 18.2 Å². The Morgan fingerprint density at radius 1 is 1.08 bits per heavy atom. The average Bonchev–Trinajstić information content (AvgIpc) is 2.66. The third kappa shape index (κ3) is 6.86. The van der Waals surface area contributed by atoms with E-state index in [1.165, 1.54) is 19.3 Å². The molecule has 0 fully saturated rings. The van der Waals surface area contributed by atoms with E-state index in [-0.39, 0.29) is 13.2 Å². The van der Waals surface area contributed by atoms with E-state index in [9.17, 15) is 14.6 Å². The van der Waals surface area contributed by atoms with Gasteiger partial charge in [-0.15, -0.1) is 0 Å². The molecule has 0 aliphatic carbocycles. The highest BCUT2D eigenvalue weighted by Crippen LogP contribution is 2.25. The van der Waals surface area contributed by atoms with Crippen LogP contribution in [-0.4, -0.2) is 54.6 Å². The van der Waals surface area contributed by atoms with Crippen molar-refractivity contribution in [3.05, 3.63) is 29.3 Å². The number of ether oxygens (including phenoxy) is 1. The fourth-order valence-electron chi connectivity index (χ4n) is 3.01. The van der Waals surface area contributed by atoms with Gasteiger partial charge in [-0.1, -0.05) is 38.7 Å². The zero-order chi connectivity index (χ0) is 19.4. The molecule has 1 aromatic carbocycles. The standard InChI is InChI=1S/C21H36FNO3/c1-4-5-6-7-8-13-26-20-10-9-18(14-19(20)15-22)11-12-21(16-24,17-25)23(2)3/h9-10,14,24-25H,4-8,11-13,15-17H2,1-3H3. The maximum absolute atomic E-state index is 13.4. The molecule has 150 valence electrons. The van der Waals surface area contributed by atoms with Gasteiger partial charge in [-0.05, 0) is 51.1 Å². The van der Waals surface area contributed by atoms with Crippen molar-refractivity contribution in [1.29, 1.82) is 0 Å². The largest absolute Gasteiger partial charge is 0.493 e. The summed E-state index contributed by atoms with van der Waals surface area (Å²) in [4.78, 5) is 1.85. The molecular formula is C21H36FNO3. The Hall–Kier alpha value is -1.17. The van der Waals surface area contributed by atoms with Crippen LogP contribution in [0.4, 0.5) is 4.39 Å². The second-order valence-electron chi connectivity index (χ2n) is 7.27. The lowest BCUT2D eigenvalue weighted by Gasteiger charge is -2.36. The van der Waals surface area contributed by atoms with Crippen molar-refractivity contribution in [3.8, 4) is 5.75 Å². The van der Waals surface area contributed by atoms with Crippen LogP contribution in [0.5, 0.6) is 5.75 Å². The molecule has 0 bridgehead atoms. The molecule has 26 heavy (non-hydrogen) atoms. The van der Waals surface area contributed by atoms with Gasteiger partial charge in [0, 0.05) is 5.56 Å². The minimum Gasteiger partial charge on any atom is -0.493 e. The molecule has 0 amide bonds. The number of hydrogen-bond donors (Lipinski definition) is 2. The van der Waals surface area contributed by atoms with Crippen LogP contribution in [0, 0.1) is 0 Å². The Morgan fingerprint density at radius 3 is 2.35 bits per heavy atom. The van der Waals surface area contributed by atoms with Crippen LogP contribution in [0.25, 0.3) is 0 Å². The van der Waals surface area contributed by atoms with Crippen LogP contribution in [-0.2, 0) is 13.1 Å². The Bertz CT molecular complexity index is 504. The van der Waals surface area contributed by atoms with Gasteiger partial charge in [-0.25, -0.2) is 4.39 Å². The first-order valence-electron chi connectivity index (χ1n) is 9.72. The number of aliphatic hydroxyl groups excluding tert-OH is 2. The minimum absolute atomic E-state index is 0.119. The fourth-order valence-corrected chi connectivity index (χ4v) is 3.01. The molecule has 0 spiro atoms. The highest BCUT2D eigenvalue weighted by Gasteiger charge is 2.30. The van der Waals surface area contributed by atoms with Crippen LogP contribution in [0.1, 0.15) is 56.6 Å². The zero-order valence-electron chi connectivity index (χ0n) is 16.6. The Morgan fingerprint density at radius 2 is 1.77 bits per heavy atom. The minimum atomic E-state index is -0.663. The number of rotatable bonds is 14. The summed E-state index contributed by atoms with van der Waals surface area (Å²) in [6, 6.07) is 5.62. The van der Waals surface area contributed by atoms with Crippen molar-refractivity contribution in [3.63, 3.8) is 0 Å². The van der Waals surface area contributed by atoms with Crippen LogP contribution in [0.2, 0.25) is 0 Å². The second kappa shape index (κ2) is 12.3. The lowest BCUT2D eigenvalue weighted by atomic mass is 9.91. The molecular weight excluding hydrogens is 333 g/mol. The third-order valence-electron chi connectivity index (χ3n) is 5.19. The predicted octanol–water partition coefficient (Wildman–Crippen LogP) is 3.72. The smallest absolute Gasteiger partial charge is 0.125 e. The van der Waals surface area contributed by atoms with Gasteiger partial charge in [0.25, 0.3) is 0 Å². The number of nitrogens with zero attached hydrogens (tertiary/aromatic N) is 1. The van der Waals surface area contributed by atoms with Crippen molar-refractivity contribution < 1.29 is 19.3 Å². The average molecular weight is 370 g/mol. The summed E-state index contributed by atoms with van der Waals surface area (Å²) in [5.74, 6) is 0.620. The summed E-state index contributed by atoms with van der Waals surface area (Å²) >= 11 is 0. The van der Waals surface area contributed by atoms with Crippen molar-refractivity contribution >= 4 is 0 Å². The lowest BCUT2D eigenvalue weighted by molar-refractivity contribution is 0.0107. The summed E-state index contributed by atoms with van der Waals surface area (Å²) in [6.07, 6.45) is 7.08. The second-order valence-corrected chi connectivity index (χ2v) is 7.27. The number of hydrogen-bond acceptors (Lipinski definition) is 4. The lowest BCUT2D eigenvalue weighted by Crippen LogP contribution is -2.51. The van der Waals surface area contributed by atoms with E-state index in [1.807, 2.05) is 37.2 Å². The van der Waals surface area contributed by atoms with E-state index in [1.54, 1.807) is 0 Å². The molecule has 0 atom stereocenters. The Balaban J connectivity index is 2.62. The number of unbranched alkanes of at least 4 members (excludes halogenated alkanes) is 4. The summed E-state index contributed by atoms with van der Waals surface area (Å²) < 4.78 is 19.2. The van der Waals surface area contributed by atoms with E-state index in [0.29, 0.717) is 30.8 Å². The van der Waals surface area contributed by atoms with Crippen molar-refractivity contribution in [1.82, 2.24) is 4.90 Å². The van der Waals surface area contributed by atoms with E-state index in [0.717, 1.165) is 18.4 Å². The summed E-state index contributed by atoms with van der Waals surface area (Å²) in [5.41, 5.74) is 0.893. The van der Waals surface area contributed by atoms with Crippen LogP contribution in [0.3, 0.4) is 0 Å². The number of benzene rings is 1. The third-order valence-corrected chi connectivity index (χ3v) is 5.19. The molecule has 0 aliphatic rings. The molecule has 0 heterocycles. The number of alkyl halides is 1. The van der Waals surface area contributed by atoms with Gasteiger partial charge < -0.3 is 14.9 Å². The van der Waals surface area contributed by atoms with Gasteiger partial charge >= 0.3 is 0 Å². The predicted molar refractivity (Wildman–Crippen MR) is 104 cm³/mol. The number of aryl methyl sites for hydroxylation is 1. The molecule has 1 aromatic rings.